The zero-order valence-corrected chi connectivity index (χ0v) is 51.2. The van der Waals surface area contributed by atoms with E-state index in [4.69, 9.17) is 20.4 Å². The maximum Gasteiger partial charge on any atom is 0.204 e. The molecule has 8 aromatic carbocycles. The molecule has 0 fully saturated rings. The van der Waals surface area contributed by atoms with E-state index in [1.165, 1.54) is 0 Å². The van der Waals surface area contributed by atoms with Gasteiger partial charge in [-0.1, -0.05) is 192 Å². The number of aromatic nitrogens is 2. The molecule has 8 heteroatoms. The van der Waals surface area contributed by atoms with Crippen LogP contribution in [0.2, 0.25) is 0 Å². The van der Waals surface area contributed by atoms with Gasteiger partial charge in [0.25, 0.3) is 0 Å². The number of pyridine rings is 1. The molecule has 0 N–H and O–H groups in total. The van der Waals surface area contributed by atoms with Crippen LogP contribution < -0.4 is 14.5 Å². The van der Waals surface area contributed by atoms with E-state index in [0.29, 0.717) is 56.7 Å². The SMILES string of the molecule is [2H]c1c([2H])c([2H])c(-c2cccc(-c3cc(C(C)(C)C)cc(C(C)(C)C)c3)c2N2[CH-]N(c3[c-]c(Oc4[c-]c5c(cc4)c4c6sc7c([N+]#[C-])cccc7c6ccc4n5-c4cc(C([2H])([2H])C(C)(C)C)cc(C)n4)cc(C(C)(C)C)c3)c3ccccc32)c([2H])c1[2H].[Pt]. The summed E-state index contributed by atoms with van der Waals surface area (Å²) in [5.41, 5.74) is 10.3. The second-order valence-electron chi connectivity index (χ2n) is 25.2. The van der Waals surface area contributed by atoms with E-state index in [0.717, 1.165) is 75.7 Å². The van der Waals surface area contributed by atoms with Crippen LogP contribution in [-0.2, 0) is 43.7 Å². The summed E-state index contributed by atoms with van der Waals surface area (Å²) in [4.78, 5) is 13.1. The summed E-state index contributed by atoms with van der Waals surface area (Å²) in [5.74, 6) is 1.39. The predicted octanol–water partition coefficient (Wildman–Crippen LogP) is 21.0. The molecule has 0 saturated heterocycles. The van der Waals surface area contributed by atoms with Gasteiger partial charge in [-0.25, -0.2) is 9.83 Å². The normalized spacial score (nSPS) is 14.5. The van der Waals surface area contributed by atoms with Crippen LogP contribution in [-0.4, -0.2) is 9.55 Å². The Labute approximate surface area is 507 Å². The van der Waals surface area contributed by atoms with Crippen molar-refractivity contribution >= 4 is 81.8 Å². The summed E-state index contributed by atoms with van der Waals surface area (Å²) in [6.07, 6.45) is -1.71. The van der Waals surface area contributed by atoms with Crippen molar-refractivity contribution in [2.75, 3.05) is 9.80 Å². The number of rotatable bonds is 8. The Bertz CT molecular complexity index is 4660. The monoisotopic (exact) mass is 1260 g/mol. The maximum absolute atomic E-state index is 9.38. The molecule has 81 heavy (non-hydrogen) atoms. The van der Waals surface area contributed by atoms with Crippen molar-refractivity contribution in [3.05, 3.63) is 216 Å². The fourth-order valence-electron chi connectivity index (χ4n) is 10.9. The minimum Gasteiger partial charge on any atom is -0.509 e. The van der Waals surface area contributed by atoms with E-state index in [2.05, 4.69) is 142 Å². The number of benzene rings is 8. The fraction of sp³-hybridized carbons (Fsp3) is 0.247. The molecule has 0 aliphatic carbocycles. The summed E-state index contributed by atoms with van der Waals surface area (Å²) >= 11 is 1.59. The van der Waals surface area contributed by atoms with Gasteiger partial charge < -0.3 is 19.1 Å². The Hall–Kier alpha value is -7.49. The van der Waals surface area contributed by atoms with Gasteiger partial charge in [-0.2, -0.15) is 6.07 Å². The first-order valence-corrected chi connectivity index (χ1v) is 28.0. The van der Waals surface area contributed by atoms with Gasteiger partial charge in [0.15, 0.2) is 0 Å². The van der Waals surface area contributed by atoms with Gasteiger partial charge >= 0.3 is 0 Å². The summed E-state index contributed by atoms with van der Waals surface area (Å²) in [6, 6.07) is 47.9. The van der Waals surface area contributed by atoms with E-state index in [1.807, 2.05) is 113 Å². The van der Waals surface area contributed by atoms with Crippen LogP contribution in [0, 0.1) is 37.7 Å². The fourth-order valence-corrected chi connectivity index (χ4v) is 12.2. The van der Waals surface area contributed by atoms with Crippen LogP contribution in [0.5, 0.6) is 11.5 Å². The van der Waals surface area contributed by atoms with Crippen LogP contribution in [0.25, 0.3) is 74.9 Å². The van der Waals surface area contributed by atoms with Gasteiger partial charge in [-0.05, 0) is 109 Å². The zero-order valence-electron chi connectivity index (χ0n) is 55.1. The van der Waals surface area contributed by atoms with Crippen LogP contribution in [0.15, 0.2) is 158 Å². The average Bonchev–Trinajstić information content (AvgIpc) is 1.56. The van der Waals surface area contributed by atoms with E-state index in [1.54, 1.807) is 11.3 Å². The third-order valence-corrected chi connectivity index (χ3v) is 16.2. The van der Waals surface area contributed by atoms with Gasteiger partial charge in [-0.15, -0.1) is 65.0 Å². The molecular weight excluding hydrogens is 1190 g/mol. The van der Waals surface area contributed by atoms with Crippen molar-refractivity contribution in [1.29, 1.82) is 0 Å². The molecule has 0 radical (unpaired) electrons. The predicted molar refractivity (Wildman–Crippen MR) is 338 cm³/mol. The number of hydrogen-bond acceptors (Lipinski definition) is 5. The molecule has 0 amide bonds. The average molecular weight is 1270 g/mol. The Morgan fingerprint density at radius 3 is 1.94 bits per heavy atom. The smallest absolute Gasteiger partial charge is 0.204 e. The minimum atomic E-state index is -1.71. The topological polar surface area (TPSA) is 37.9 Å². The van der Waals surface area contributed by atoms with E-state index in [9.17, 15) is 5.48 Å². The zero-order chi connectivity index (χ0) is 62.4. The third-order valence-electron chi connectivity index (χ3n) is 14.9. The van der Waals surface area contributed by atoms with Gasteiger partial charge in [0.2, 0.25) is 5.69 Å². The maximum atomic E-state index is 9.38. The molecule has 410 valence electrons. The molecule has 1 aliphatic heterocycles. The molecule has 0 saturated carbocycles. The Morgan fingerprint density at radius 1 is 0.642 bits per heavy atom. The van der Waals surface area contributed by atoms with Crippen molar-refractivity contribution in [2.24, 2.45) is 5.41 Å². The molecule has 3 aromatic heterocycles. The molecule has 1 aliphatic rings. The summed E-state index contributed by atoms with van der Waals surface area (Å²) in [7, 11) is 0. The van der Waals surface area contributed by atoms with Crippen molar-refractivity contribution in [3.63, 3.8) is 0 Å². The van der Waals surface area contributed by atoms with Gasteiger partial charge in [0.05, 0.1) is 13.4 Å². The minimum absolute atomic E-state index is 0. The van der Waals surface area contributed by atoms with Gasteiger partial charge in [0, 0.05) is 84.1 Å². The number of fused-ring (bicyclic) bond motifs is 8. The van der Waals surface area contributed by atoms with Gasteiger partial charge in [0.1, 0.15) is 5.82 Å². The van der Waals surface area contributed by atoms with Crippen LogP contribution >= 0.6 is 11.3 Å². The molecule has 12 rings (SSSR count). The quantitative estimate of drug-likeness (QED) is 0.142. The number of para-hydroxylation sites is 3. The number of anilines is 4. The van der Waals surface area contributed by atoms with Crippen LogP contribution in [0.4, 0.5) is 28.4 Å². The standard InChI is InChI=1S/C73H68N5OS.Pt/c1-45-34-46(43-70(2,3)4)35-65(75-45)78-63-33-32-58-57-26-21-27-60(74-14)68(57)80-69(58)66(63)59-31-30-53(42-64(59)78)79-54-40-51(73(11,12)13)39-52(41-54)76-44-77(62-29-19-18-28-61(62)76)67-55(47-22-16-15-17-23-47)24-20-25-56(67)48-36-49(71(5,6)7)38-50(37-48)72(8,9)10;/h15-40,44H,43H2,1-13H3;/q-3;/i15D,16D,17D,22D,23D,43D2;. The van der Waals surface area contributed by atoms with Crippen LogP contribution in [0.1, 0.15) is 121 Å². The first kappa shape index (κ1) is 47.2. The van der Waals surface area contributed by atoms with Crippen molar-refractivity contribution in [3.8, 4) is 39.6 Å². The third kappa shape index (κ3) is 10.4. The Balaban J connectivity index is 0.00000800. The molecule has 0 unspecified atom stereocenters. The van der Waals surface area contributed by atoms with E-state index >= 15 is 0 Å². The molecule has 0 atom stereocenters. The molecule has 11 aromatic rings. The largest absolute Gasteiger partial charge is 0.509 e. The number of ether oxygens (including phenoxy) is 1. The molecule has 6 nitrogen and oxygen atoms in total. The Morgan fingerprint density at radius 2 is 1.27 bits per heavy atom. The van der Waals surface area contributed by atoms with Crippen LogP contribution in [0.3, 0.4) is 0 Å². The molecular formula is C73H68N5OPtS-3. The summed E-state index contributed by atoms with van der Waals surface area (Å²) < 4.78 is 74.8. The summed E-state index contributed by atoms with van der Waals surface area (Å²) in [6.45, 7) is 37.3. The molecule has 4 heterocycles. The number of thiophene rings is 1. The number of hydrogen-bond donors (Lipinski definition) is 0. The van der Waals surface area contributed by atoms with E-state index < -0.39 is 29.9 Å². The van der Waals surface area contributed by atoms with Crippen molar-refractivity contribution in [1.82, 2.24) is 9.55 Å². The number of aryl methyl sites for hydroxylation is 1. The van der Waals surface area contributed by atoms with E-state index in [-0.39, 0.29) is 55.0 Å². The van der Waals surface area contributed by atoms with Gasteiger partial charge in [-0.3, -0.25) is 0 Å². The second kappa shape index (κ2) is 20.5. The van der Waals surface area contributed by atoms with Crippen molar-refractivity contribution in [2.45, 2.75) is 113 Å². The number of nitrogens with zero attached hydrogens (tertiary/aromatic N) is 5. The first-order valence-electron chi connectivity index (χ1n) is 30.7. The second-order valence-corrected chi connectivity index (χ2v) is 26.2. The summed E-state index contributed by atoms with van der Waals surface area (Å²) in [5, 5.41) is 3.90. The molecule has 0 spiro atoms. The molecule has 0 bridgehead atoms. The first-order chi connectivity index (χ1) is 40.8. The van der Waals surface area contributed by atoms with Crippen molar-refractivity contribution < 1.29 is 35.4 Å². The Kier molecular flexibility index (Phi) is 11.9.